The van der Waals surface area contributed by atoms with Crippen molar-refractivity contribution in [1.82, 2.24) is 0 Å². The fourth-order valence-electron chi connectivity index (χ4n) is 1.75. The number of anilines is 1. The molecule has 0 aliphatic heterocycles. The van der Waals surface area contributed by atoms with Crippen LogP contribution in [0.25, 0.3) is 11.1 Å². The molecule has 7 nitrogen and oxygen atoms in total. The van der Waals surface area contributed by atoms with Crippen molar-refractivity contribution < 1.29 is 9.85 Å². The number of nitro groups is 2. The van der Waals surface area contributed by atoms with Crippen molar-refractivity contribution in [2.75, 3.05) is 5.73 Å². The first-order chi connectivity index (χ1) is 9.00. The summed E-state index contributed by atoms with van der Waals surface area (Å²) < 4.78 is 0. The molecule has 7 heteroatoms. The van der Waals surface area contributed by atoms with Crippen LogP contribution in [-0.2, 0) is 0 Å². The highest BCUT2D eigenvalue weighted by atomic mass is 16.6. The van der Waals surface area contributed by atoms with Crippen molar-refractivity contribution in [1.29, 1.82) is 0 Å². The highest BCUT2D eigenvalue weighted by molar-refractivity contribution is 5.83. The lowest BCUT2D eigenvalue weighted by Gasteiger charge is -2.06. The predicted molar refractivity (Wildman–Crippen MR) is 69.6 cm³/mol. The van der Waals surface area contributed by atoms with E-state index in [0.29, 0.717) is 11.3 Å². The summed E-state index contributed by atoms with van der Waals surface area (Å²) in [5.41, 5.74) is 6.20. The number of nitro benzene ring substituents is 2. The molecule has 0 saturated carbocycles. The first-order valence-electron chi connectivity index (χ1n) is 5.28. The standard InChI is InChI=1S/C12H9N3O4/c13-11-4-2-1-3-9(11)10-6-5-8(14(16)17)7-12(10)15(18)19/h1-7H,13H2. The monoisotopic (exact) mass is 259 g/mol. The van der Waals surface area contributed by atoms with E-state index >= 15 is 0 Å². The van der Waals surface area contributed by atoms with E-state index in [-0.39, 0.29) is 16.9 Å². The van der Waals surface area contributed by atoms with E-state index in [4.69, 9.17) is 5.73 Å². The quantitative estimate of drug-likeness (QED) is 0.517. The Morgan fingerprint density at radius 2 is 1.58 bits per heavy atom. The van der Waals surface area contributed by atoms with Gasteiger partial charge in [0.2, 0.25) is 0 Å². The van der Waals surface area contributed by atoms with Gasteiger partial charge in [0, 0.05) is 17.3 Å². The smallest absolute Gasteiger partial charge is 0.284 e. The lowest BCUT2D eigenvalue weighted by atomic mass is 10.0. The molecule has 2 aromatic rings. The molecular formula is C12H9N3O4. The van der Waals surface area contributed by atoms with Gasteiger partial charge in [-0.05, 0) is 12.1 Å². The molecule has 2 aromatic carbocycles. The molecule has 0 aliphatic carbocycles. The molecule has 0 aliphatic rings. The molecular weight excluding hydrogens is 250 g/mol. The molecule has 96 valence electrons. The second-order valence-electron chi connectivity index (χ2n) is 3.80. The number of nitrogens with zero attached hydrogens (tertiary/aromatic N) is 2. The van der Waals surface area contributed by atoms with Crippen LogP contribution in [-0.4, -0.2) is 9.85 Å². The van der Waals surface area contributed by atoms with Gasteiger partial charge in [0.1, 0.15) is 0 Å². The van der Waals surface area contributed by atoms with Crippen molar-refractivity contribution in [2.24, 2.45) is 0 Å². The van der Waals surface area contributed by atoms with Gasteiger partial charge in [-0.2, -0.15) is 0 Å². The van der Waals surface area contributed by atoms with Gasteiger partial charge in [-0.1, -0.05) is 18.2 Å². The SMILES string of the molecule is Nc1ccccc1-c1ccc([N+](=O)[O-])cc1[N+](=O)[O-]. The molecule has 0 spiro atoms. The van der Waals surface area contributed by atoms with Crippen molar-refractivity contribution >= 4 is 17.1 Å². The maximum atomic E-state index is 11.0. The van der Waals surface area contributed by atoms with E-state index < -0.39 is 9.85 Å². The van der Waals surface area contributed by atoms with E-state index in [0.717, 1.165) is 6.07 Å². The average molecular weight is 259 g/mol. The summed E-state index contributed by atoms with van der Waals surface area (Å²) in [5, 5.41) is 21.7. The van der Waals surface area contributed by atoms with Gasteiger partial charge < -0.3 is 5.73 Å². The van der Waals surface area contributed by atoms with Crippen LogP contribution in [0.3, 0.4) is 0 Å². The van der Waals surface area contributed by atoms with Gasteiger partial charge in [0.05, 0.1) is 21.5 Å². The minimum atomic E-state index is -0.675. The number of nitrogen functional groups attached to an aromatic ring is 1. The van der Waals surface area contributed by atoms with Crippen molar-refractivity contribution in [3.63, 3.8) is 0 Å². The third-order valence-corrected chi connectivity index (χ3v) is 2.64. The Balaban J connectivity index is 2.67. The van der Waals surface area contributed by atoms with Gasteiger partial charge in [0.25, 0.3) is 11.4 Å². The number of hydrogen-bond acceptors (Lipinski definition) is 5. The van der Waals surface area contributed by atoms with E-state index in [1.807, 2.05) is 0 Å². The summed E-state index contributed by atoms with van der Waals surface area (Å²) in [4.78, 5) is 20.3. The summed E-state index contributed by atoms with van der Waals surface area (Å²) in [6, 6.07) is 10.1. The molecule has 0 amide bonds. The molecule has 0 fully saturated rings. The van der Waals surface area contributed by atoms with E-state index in [1.165, 1.54) is 12.1 Å². The van der Waals surface area contributed by atoms with Gasteiger partial charge in [0.15, 0.2) is 0 Å². The van der Waals surface area contributed by atoms with Crippen molar-refractivity contribution in [2.45, 2.75) is 0 Å². The summed E-state index contributed by atoms with van der Waals surface area (Å²) in [5.74, 6) is 0. The molecule has 19 heavy (non-hydrogen) atoms. The van der Waals surface area contributed by atoms with Crippen molar-refractivity contribution in [3.8, 4) is 11.1 Å². The first-order valence-corrected chi connectivity index (χ1v) is 5.28. The van der Waals surface area contributed by atoms with E-state index in [9.17, 15) is 20.2 Å². The zero-order valence-corrected chi connectivity index (χ0v) is 9.65. The molecule has 0 bridgehead atoms. The van der Waals surface area contributed by atoms with Crippen LogP contribution in [0.2, 0.25) is 0 Å². The van der Waals surface area contributed by atoms with Crippen LogP contribution in [0, 0.1) is 20.2 Å². The molecule has 0 aromatic heterocycles. The van der Waals surface area contributed by atoms with Crippen LogP contribution in [0.15, 0.2) is 42.5 Å². The van der Waals surface area contributed by atoms with Crippen molar-refractivity contribution in [3.05, 3.63) is 62.7 Å². The Morgan fingerprint density at radius 1 is 0.895 bits per heavy atom. The first kappa shape index (κ1) is 12.5. The Labute approximate surface area is 107 Å². The Kier molecular flexibility index (Phi) is 3.11. The third kappa shape index (κ3) is 2.34. The fourth-order valence-corrected chi connectivity index (χ4v) is 1.75. The fraction of sp³-hybridized carbons (Fsp3) is 0. The number of para-hydroxylation sites is 1. The average Bonchev–Trinajstić information content (AvgIpc) is 2.38. The Bertz CT molecular complexity index is 670. The van der Waals surface area contributed by atoms with Crippen LogP contribution in [0.1, 0.15) is 0 Å². The number of nitrogens with two attached hydrogens (primary N) is 1. The zero-order valence-electron chi connectivity index (χ0n) is 9.65. The molecule has 0 atom stereocenters. The normalized spacial score (nSPS) is 10.1. The van der Waals surface area contributed by atoms with Crippen LogP contribution in [0.4, 0.5) is 17.1 Å². The minimum absolute atomic E-state index is 0.258. The second kappa shape index (κ2) is 4.73. The minimum Gasteiger partial charge on any atom is -0.398 e. The number of rotatable bonds is 3. The van der Waals surface area contributed by atoms with Gasteiger partial charge in [-0.25, -0.2) is 0 Å². The van der Waals surface area contributed by atoms with Gasteiger partial charge in [-0.3, -0.25) is 20.2 Å². The summed E-state index contributed by atoms with van der Waals surface area (Å²) >= 11 is 0. The molecule has 2 rings (SSSR count). The Hall–Kier alpha value is -2.96. The Morgan fingerprint density at radius 3 is 2.16 bits per heavy atom. The lowest BCUT2D eigenvalue weighted by molar-refractivity contribution is -0.393. The predicted octanol–water partition coefficient (Wildman–Crippen LogP) is 2.75. The molecule has 0 heterocycles. The van der Waals surface area contributed by atoms with Gasteiger partial charge >= 0.3 is 0 Å². The van der Waals surface area contributed by atoms with Crippen LogP contribution >= 0.6 is 0 Å². The number of hydrogen-bond donors (Lipinski definition) is 1. The van der Waals surface area contributed by atoms with Gasteiger partial charge in [-0.15, -0.1) is 0 Å². The summed E-state index contributed by atoms with van der Waals surface area (Å²) in [6.45, 7) is 0. The van der Waals surface area contributed by atoms with E-state index in [2.05, 4.69) is 0 Å². The third-order valence-electron chi connectivity index (χ3n) is 2.64. The largest absolute Gasteiger partial charge is 0.398 e. The highest BCUT2D eigenvalue weighted by Gasteiger charge is 2.21. The summed E-state index contributed by atoms with van der Waals surface area (Å²) in [7, 11) is 0. The molecule has 0 radical (unpaired) electrons. The lowest BCUT2D eigenvalue weighted by Crippen LogP contribution is -1.97. The topological polar surface area (TPSA) is 112 Å². The second-order valence-corrected chi connectivity index (χ2v) is 3.80. The molecule has 2 N–H and O–H groups in total. The summed E-state index contributed by atoms with van der Waals surface area (Å²) in [6.07, 6.45) is 0. The highest BCUT2D eigenvalue weighted by Crippen LogP contribution is 2.35. The zero-order chi connectivity index (χ0) is 14.0. The molecule has 0 unspecified atom stereocenters. The van der Waals surface area contributed by atoms with Crippen LogP contribution < -0.4 is 5.73 Å². The van der Waals surface area contributed by atoms with E-state index in [1.54, 1.807) is 24.3 Å². The number of non-ortho nitro benzene ring substituents is 1. The van der Waals surface area contributed by atoms with Crippen LogP contribution in [0.5, 0.6) is 0 Å². The molecule has 0 saturated heterocycles. The number of benzene rings is 2. The maximum absolute atomic E-state index is 11.0. The maximum Gasteiger partial charge on any atom is 0.284 e.